The van der Waals surface area contributed by atoms with E-state index in [0.717, 1.165) is 22.7 Å². The molecule has 0 aliphatic heterocycles. The lowest BCUT2D eigenvalue weighted by atomic mass is 10.2. The van der Waals surface area contributed by atoms with E-state index < -0.39 is 0 Å². The Bertz CT molecular complexity index is 487. The summed E-state index contributed by atoms with van der Waals surface area (Å²) in [7, 11) is 0. The number of pyridine rings is 1. The van der Waals surface area contributed by atoms with Gasteiger partial charge in [0.05, 0.1) is 0 Å². The van der Waals surface area contributed by atoms with Gasteiger partial charge in [0.1, 0.15) is 5.01 Å². The predicted molar refractivity (Wildman–Crippen MR) is 59.9 cm³/mol. The topological polar surface area (TPSA) is 41.6 Å². The molecular formula is C9H9N3S2. The first-order valence-corrected chi connectivity index (χ1v) is 5.53. The number of nitrogens with zero attached hydrogens (tertiary/aromatic N) is 2. The predicted octanol–water partition coefficient (Wildman–Crippen LogP) is 2.83. The van der Waals surface area contributed by atoms with Gasteiger partial charge in [0, 0.05) is 17.5 Å². The van der Waals surface area contributed by atoms with Crippen LogP contribution in [0.4, 0.5) is 0 Å². The Morgan fingerprint density at radius 2 is 2.43 bits per heavy atom. The Hall–Kier alpha value is -1.07. The van der Waals surface area contributed by atoms with Crippen molar-refractivity contribution in [2.24, 2.45) is 0 Å². The minimum atomic E-state index is 0.704. The Balaban J connectivity index is 2.46. The first-order valence-electron chi connectivity index (χ1n) is 4.30. The van der Waals surface area contributed by atoms with Crippen LogP contribution in [-0.4, -0.2) is 15.2 Å². The molecule has 0 bridgehead atoms. The van der Waals surface area contributed by atoms with Gasteiger partial charge in [-0.15, -0.1) is 0 Å². The number of aromatic amines is 1. The third kappa shape index (κ3) is 1.88. The van der Waals surface area contributed by atoms with Crippen LogP contribution in [0.5, 0.6) is 0 Å². The Labute approximate surface area is 90.8 Å². The van der Waals surface area contributed by atoms with Crippen molar-refractivity contribution in [2.45, 2.75) is 13.3 Å². The summed E-state index contributed by atoms with van der Waals surface area (Å²) in [6.07, 6.45) is 2.74. The number of H-pyrrole nitrogens is 1. The molecule has 2 rings (SSSR count). The molecule has 0 aliphatic carbocycles. The van der Waals surface area contributed by atoms with Gasteiger partial charge in [-0.1, -0.05) is 18.3 Å². The van der Waals surface area contributed by atoms with Crippen molar-refractivity contribution in [3.05, 3.63) is 28.0 Å². The number of rotatable bonds is 2. The van der Waals surface area contributed by atoms with Crippen LogP contribution in [0.25, 0.3) is 10.6 Å². The maximum absolute atomic E-state index is 4.98. The van der Waals surface area contributed by atoms with Crippen LogP contribution < -0.4 is 0 Å². The summed E-state index contributed by atoms with van der Waals surface area (Å²) in [4.78, 5) is 4.23. The van der Waals surface area contributed by atoms with Crippen molar-refractivity contribution in [3.8, 4) is 10.6 Å². The Kier molecular flexibility index (Phi) is 2.69. The summed E-state index contributed by atoms with van der Waals surface area (Å²) in [6.45, 7) is 2.08. The van der Waals surface area contributed by atoms with Crippen LogP contribution >= 0.6 is 23.6 Å². The van der Waals surface area contributed by atoms with Crippen molar-refractivity contribution in [3.63, 3.8) is 0 Å². The van der Waals surface area contributed by atoms with Crippen LogP contribution in [0.3, 0.4) is 0 Å². The molecule has 2 heterocycles. The average molecular weight is 223 g/mol. The third-order valence-corrected chi connectivity index (χ3v) is 3.00. The summed E-state index contributed by atoms with van der Waals surface area (Å²) < 4.78 is 0.704. The number of hydrogen-bond acceptors (Lipinski definition) is 4. The molecular weight excluding hydrogens is 214 g/mol. The van der Waals surface area contributed by atoms with Crippen molar-refractivity contribution >= 4 is 23.6 Å². The van der Waals surface area contributed by atoms with Crippen LogP contribution in [-0.2, 0) is 6.42 Å². The summed E-state index contributed by atoms with van der Waals surface area (Å²) in [5.41, 5.74) is 2.15. The molecule has 0 aromatic carbocycles. The van der Waals surface area contributed by atoms with E-state index in [2.05, 4.69) is 22.1 Å². The van der Waals surface area contributed by atoms with Gasteiger partial charge in [-0.2, -0.15) is 5.10 Å². The van der Waals surface area contributed by atoms with E-state index in [1.807, 2.05) is 12.1 Å². The minimum absolute atomic E-state index is 0.704. The van der Waals surface area contributed by atoms with Gasteiger partial charge < -0.3 is 0 Å². The molecule has 0 saturated carbocycles. The molecule has 14 heavy (non-hydrogen) atoms. The van der Waals surface area contributed by atoms with Crippen molar-refractivity contribution in [2.75, 3.05) is 0 Å². The molecule has 72 valence electrons. The molecule has 0 unspecified atom stereocenters. The average Bonchev–Trinajstić information content (AvgIpc) is 2.65. The molecule has 0 spiro atoms. The highest BCUT2D eigenvalue weighted by molar-refractivity contribution is 7.73. The fraction of sp³-hybridized carbons (Fsp3) is 0.222. The van der Waals surface area contributed by atoms with Crippen LogP contribution in [0.1, 0.15) is 12.6 Å². The lowest BCUT2D eigenvalue weighted by molar-refractivity contribution is 1.03. The second-order valence-corrected chi connectivity index (χ2v) is 4.47. The van der Waals surface area contributed by atoms with Gasteiger partial charge in [0.15, 0.2) is 3.95 Å². The monoisotopic (exact) mass is 223 g/mol. The molecule has 0 radical (unpaired) electrons. The zero-order chi connectivity index (χ0) is 9.97. The molecule has 0 aliphatic rings. The zero-order valence-electron chi connectivity index (χ0n) is 7.65. The lowest BCUT2D eigenvalue weighted by Crippen LogP contribution is -1.86. The second kappa shape index (κ2) is 3.98. The van der Waals surface area contributed by atoms with E-state index in [-0.39, 0.29) is 0 Å². The number of nitrogens with one attached hydrogen (secondary N) is 1. The number of aryl methyl sites for hydroxylation is 1. The van der Waals surface area contributed by atoms with E-state index in [0.29, 0.717) is 3.95 Å². The smallest absolute Gasteiger partial charge is 0.176 e. The highest BCUT2D eigenvalue weighted by Gasteiger charge is 2.02. The largest absolute Gasteiger partial charge is 0.261 e. The third-order valence-electron chi connectivity index (χ3n) is 1.86. The van der Waals surface area contributed by atoms with Gasteiger partial charge >= 0.3 is 0 Å². The van der Waals surface area contributed by atoms with Crippen LogP contribution in [0.15, 0.2) is 18.3 Å². The fourth-order valence-corrected chi connectivity index (χ4v) is 2.04. The summed E-state index contributed by atoms with van der Waals surface area (Å²) in [5.74, 6) is 0. The molecule has 3 nitrogen and oxygen atoms in total. The molecule has 0 fully saturated rings. The zero-order valence-corrected chi connectivity index (χ0v) is 9.28. The van der Waals surface area contributed by atoms with Crippen molar-refractivity contribution < 1.29 is 0 Å². The molecule has 0 atom stereocenters. The van der Waals surface area contributed by atoms with Crippen molar-refractivity contribution in [1.29, 1.82) is 0 Å². The summed E-state index contributed by atoms with van der Waals surface area (Å²) in [6, 6.07) is 3.99. The van der Waals surface area contributed by atoms with Crippen molar-refractivity contribution in [1.82, 2.24) is 15.2 Å². The Morgan fingerprint density at radius 3 is 3.07 bits per heavy atom. The first-order chi connectivity index (χ1) is 6.79. The van der Waals surface area contributed by atoms with E-state index in [4.69, 9.17) is 12.2 Å². The van der Waals surface area contributed by atoms with Crippen LogP contribution in [0.2, 0.25) is 0 Å². The van der Waals surface area contributed by atoms with E-state index in [9.17, 15) is 0 Å². The van der Waals surface area contributed by atoms with Gasteiger partial charge in [-0.3, -0.25) is 10.1 Å². The van der Waals surface area contributed by atoms with E-state index >= 15 is 0 Å². The van der Waals surface area contributed by atoms with Gasteiger partial charge in [0.2, 0.25) is 0 Å². The molecule has 0 amide bonds. The first kappa shape index (κ1) is 9.48. The van der Waals surface area contributed by atoms with Gasteiger partial charge in [-0.25, -0.2) is 0 Å². The standard InChI is InChI=1S/C9H9N3S2/c1-2-7-5-6(3-4-10-7)8-11-12-9(13)14-8/h3-5H,2H2,1H3,(H,12,13). The highest BCUT2D eigenvalue weighted by Crippen LogP contribution is 2.21. The van der Waals surface area contributed by atoms with Gasteiger partial charge in [0.25, 0.3) is 0 Å². The second-order valence-electron chi connectivity index (χ2n) is 2.81. The highest BCUT2D eigenvalue weighted by atomic mass is 32.1. The number of hydrogen-bond donors (Lipinski definition) is 1. The normalized spacial score (nSPS) is 10.4. The quantitative estimate of drug-likeness (QED) is 0.796. The number of aromatic nitrogens is 3. The van der Waals surface area contributed by atoms with Crippen LogP contribution in [0, 0.1) is 3.95 Å². The minimum Gasteiger partial charge on any atom is -0.261 e. The van der Waals surface area contributed by atoms with Gasteiger partial charge in [-0.05, 0) is 30.8 Å². The SMILES string of the molecule is CCc1cc(-c2n[nH]c(=S)s2)ccn1. The van der Waals surface area contributed by atoms with E-state index in [1.165, 1.54) is 11.3 Å². The Morgan fingerprint density at radius 1 is 1.57 bits per heavy atom. The molecule has 1 N–H and O–H groups in total. The molecule has 5 heteroatoms. The molecule has 2 aromatic heterocycles. The lowest BCUT2D eigenvalue weighted by Gasteiger charge is -1.97. The van der Waals surface area contributed by atoms with E-state index in [1.54, 1.807) is 6.20 Å². The maximum atomic E-state index is 4.98. The molecule has 2 aromatic rings. The maximum Gasteiger partial charge on any atom is 0.176 e. The summed E-state index contributed by atoms with van der Waals surface area (Å²) >= 11 is 6.46. The fourth-order valence-electron chi connectivity index (χ4n) is 1.16. The summed E-state index contributed by atoms with van der Waals surface area (Å²) in [5, 5.41) is 7.81. The molecule has 0 saturated heterocycles.